The molecule has 2 aromatic rings. The van der Waals surface area contributed by atoms with E-state index in [1.54, 1.807) is 12.0 Å². The Morgan fingerprint density at radius 1 is 1.16 bits per heavy atom. The molecule has 2 aromatic carbocycles. The highest BCUT2D eigenvalue weighted by molar-refractivity contribution is 8.00. The molecule has 2 saturated heterocycles. The molecule has 0 spiro atoms. The fourth-order valence-electron chi connectivity index (χ4n) is 4.08. The number of hydrogen-bond donors (Lipinski definition) is 1. The first-order chi connectivity index (χ1) is 15.1. The second-order valence-electron chi connectivity index (χ2n) is 8.03. The first-order valence-electron chi connectivity index (χ1n) is 10.6. The number of nitrogens with one attached hydrogen (secondary N) is 1. The molecular weight excluding hydrogens is 412 g/mol. The number of amides is 2. The smallest absolute Gasteiger partial charge is 0.227 e. The summed E-state index contributed by atoms with van der Waals surface area (Å²) in [7, 11) is 1.61. The van der Waals surface area contributed by atoms with Gasteiger partial charge in [0, 0.05) is 48.1 Å². The lowest BCUT2D eigenvalue weighted by molar-refractivity contribution is -0.126. The fraction of sp³-hybridized carbons (Fsp3) is 0.417. The molecule has 0 saturated carbocycles. The first-order valence-corrected chi connectivity index (χ1v) is 11.4. The highest BCUT2D eigenvalue weighted by atomic mass is 32.2. The molecule has 6 nitrogen and oxygen atoms in total. The number of hydrogen-bond acceptors (Lipinski definition) is 5. The highest BCUT2D eigenvalue weighted by Gasteiger charge is 2.38. The quantitative estimate of drug-likeness (QED) is 0.714. The highest BCUT2D eigenvalue weighted by Crippen LogP contribution is 2.40. The van der Waals surface area contributed by atoms with Crippen LogP contribution in [-0.2, 0) is 14.3 Å². The van der Waals surface area contributed by atoms with Gasteiger partial charge in [0.05, 0.1) is 13.0 Å². The molecule has 1 unspecified atom stereocenters. The minimum absolute atomic E-state index is 0.0234. The van der Waals surface area contributed by atoms with E-state index in [2.05, 4.69) is 17.4 Å². The zero-order chi connectivity index (χ0) is 21.7. The third kappa shape index (κ3) is 5.22. The summed E-state index contributed by atoms with van der Waals surface area (Å²) in [6.07, 6.45) is 2.00. The van der Waals surface area contributed by atoms with Crippen molar-refractivity contribution in [3.63, 3.8) is 0 Å². The molecule has 0 aliphatic carbocycles. The zero-order valence-electron chi connectivity index (χ0n) is 17.7. The van der Waals surface area contributed by atoms with Crippen molar-refractivity contribution in [3.8, 4) is 5.75 Å². The number of carbonyl (C=O) groups is 2. The number of ether oxygens (including phenoxy) is 2. The molecule has 1 N–H and O–H groups in total. The van der Waals surface area contributed by atoms with E-state index in [4.69, 9.17) is 9.47 Å². The van der Waals surface area contributed by atoms with Crippen molar-refractivity contribution in [1.29, 1.82) is 0 Å². The summed E-state index contributed by atoms with van der Waals surface area (Å²) in [4.78, 5) is 28.4. The Morgan fingerprint density at radius 3 is 2.55 bits per heavy atom. The maximum atomic E-state index is 13.0. The Bertz CT molecular complexity index is 898. The lowest BCUT2D eigenvalue weighted by Crippen LogP contribution is -2.46. The third-order valence-electron chi connectivity index (χ3n) is 5.95. The molecule has 0 bridgehead atoms. The minimum Gasteiger partial charge on any atom is -0.497 e. The van der Waals surface area contributed by atoms with Gasteiger partial charge in [0.25, 0.3) is 0 Å². The topological polar surface area (TPSA) is 67.9 Å². The van der Waals surface area contributed by atoms with Gasteiger partial charge in [0.2, 0.25) is 11.8 Å². The number of methoxy groups -OCH3 is 1. The van der Waals surface area contributed by atoms with Gasteiger partial charge < -0.3 is 19.7 Å². The van der Waals surface area contributed by atoms with Crippen LogP contribution in [0.25, 0.3) is 0 Å². The van der Waals surface area contributed by atoms with Gasteiger partial charge >= 0.3 is 0 Å². The van der Waals surface area contributed by atoms with E-state index in [0.29, 0.717) is 26.3 Å². The lowest BCUT2D eigenvalue weighted by atomic mass is 9.98. The van der Waals surface area contributed by atoms with Crippen LogP contribution < -0.4 is 15.0 Å². The summed E-state index contributed by atoms with van der Waals surface area (Å²) >= 11 is 1.81. The normalized spacial score (nSPS) is 20.5. The van der Waals surface area contributed by atoms with Crippen molar-refractivity contribution in [3.05, 3.63) is 54.6 Å². The number of carbonyl (C=O) groups excluding carboxylic acids is 2. The van der Waals surface area contributed by atoms with Crippen LogP contribution in [0.5, 0.6) is 5.75 Å². The van der Waals surface area contributed by atoms with Crippen molar-refractivity contribution < 1.29 is 19.1 Å². The van der Waals surface area contributed by atoms with Gasteiger partial charge in [0.1, 0.15) is 5.75 Å². The van der Waals surface area contributed by atoms with Crippen molar-refractivity contribution in [2.24, 2.45) is 5.92 Å². The predicted molar refractivity (Wildman–Crippen MR) is 122 cm³/mol. The molecule has 164 valence electrons. The number of benzene rings is 2. The molecule has 31 heavy (non-hydrogen) atoms. The van der Waals surface area contributed by atoms with Crippen molar-refractivity contribution in [1.82, 2.24) is 5.32 Å². The molecule has 2 aliphatic rings. The van der Waals surface area contributed by atoms with E-state index < -0.39 is 0 Å². The Balaban J connectivity index is 1.38. The summed E-state index contributed by atoms with van der Waals surface area (Å²) < 4.78 is 10.7. The van der Waals surface area contributed by atoms with Gasteiger partial charge in [-0.25, -0.2) is 0 Å². The second kappa shape index (κ2) is 9.75. The third-order valence-corrected chi connectivity index (χ3v) is 7.44. The van der Waals surface area contributed by atoms with E-state index in [1.807, 2.05) is 54.2 Å². The van der Waals surface area contributed by atoms with Crippen LogP contribution in [0.4, 0.5) is 5.69 Å². The van der Waals surface area contributed by atoms with Crippen LogP contribution in [0.15, 0.2) is 59.5 Å². The van der Waals surface area contributed by atoms with Crippen molar-refractivity contribution in [2.75, 3.05) is 38.3 Å². The van der Waals surface area contributed by atoms with Crippen LogP contribution in [-0.4, -0.2) is 50.0 Å². The maximum absolute atomic E-state index is 13.0. The van der Waals surface area contributed by atoms with Gasteiger partial charge in [0.15, 0.2) is 0 Å². The molecule has 2 aliphatic heterocycles. The van der Waals surface area contributed by atoms with Gasteiger partial charge in [-0.05, 0) is 49.2 Å². The Hall–Kier alpha value is -2.51. The zero-order valence-corrected chi connectivity index (χ0v) is 18.5. The summed E-state index contributed by atoms with van der Waals surface area (Å²) in [6, 6.07) is 17.6. The monoisotopic (exact) mass is 440 g/mol. The molecule has 2 heterocycles. The van der Waals surface area contributed by atoms with Crippen molar-refractivity contribution in [2.45, 2.75) is 28.9 Å². The largest absolute Gasteiger partial charge is 0.497 e. The minimum atomic E-state index is -0.340. The molecule has 1 atom stereocenters. The second-order valence-corrected chi connectivity index (χ2v) is 9.57. The Labute approximate surface area is 187 Å². The molecule has 2 fully saturated rings. The molecule has 0 radical (unpaired) electrons. The van der Waals surface area contributed by atoms with Crippen LogP contribution in [0.3, 0.4) is 0 Å². The number of thioether (sulfide) groups is 1. The van der Waals surface area contributed by atoms with Gasteiger partial charge in [-0.3, -0.25) is 9.59 Å². The number of anilines is 1. The van der Waals surface area contributed by atoms with Crippen LogP contribution in [0.1, 0.15) is 19.3 Å². The summed E-state index contributed by atoms with van der Waals surface area (Å²) in [5, 5.41) is 3.15. The number of rotatable bonds is 7. The number of nitrogens with zero attached hydrogens (tertiary/aromatic N) is 1. The predicted octanol–water partition coefficient (Wildman–Crippen LogP) is 3.51. The Kier molecular flexibility index (Phi) is 6.83. The molecule has 2 amide bonds. The van der Waals surface area contributed by atoms with E-state index >= 15 is 0 Å². The van der Waals surface area contributed by atoms with Gasteiger partial charge in [-0.2, -0.15) is 0 Å². The molecular formula is C24H28N2O4S. The van der Waals surface area contributed by atoms with E-state index in [9.17, 15) is 9.59 Å². The van der Waals surface area contributed by atoms with E-state index in [-0.39, 0.29) is 28.9 Å². The summed E-state index contributed by atoms with van der Waals surface area (Å²) in [5.41, 5.74) is 0.793. The van der Waals surface area contributed by atoms with Crippen molar-refractivity contribution >= 4 is 29.3 Å². The first kappa shape index (κ1) is 21.7. The van der Waals surface area contributed by atoms with Gasteiger partial charge in [-0.15, -0.1) is 11.8 Å². The van der Waals surface area contributed by atoms with Crippen LogP contribution >= 0.6 is 11.8 Å². The molecule has 4 rings (SSSR count). The summed E-state index contributed by atoms with van der Waals surface area (Å²) in [5.74, 6) is 0.323. The molecule has 0 aromatic heterocycles. The van der Waals surface area contributed by atoms with E-state index in [0.717, 1.165) is 24.3 Å². The fourth-order valence-corrected chi connectivity index (χ4v) is 5.39. The van der Waals surface area contributed by atoms with Gasteiger partial charge in [-0.1, -0.05) is 18.2 Å². The van der Waals surface area contributed by atoms with Crippen LogP contribution in [0.2, 0.25) is 0 Å². The average molecular weight is 441 g/mol. The molecule has 7 heteroatoms. The SMILES string of the molecule is COc1ccc(N2CC(C(=O)NCC3(Sc4ccccc4)CCOCC3)CC2=O)cc1. The summed E-state index contributed by atoms with van der Waals surface area (Å²) in [6.45, 7) is 2.37. The van der Waals surface area contributed by atoms with E-state index in [1.165, 1.54) is 4.90 Å². The maximum Gasteiger partial charge on any atom is 0.227 e. The standard InChI is InChI=1S/C24H28N2O4S/c1-29-20-9-7-19(8-10-20)26-16-18(15-22(26)27)23(28)25-17-24(11-13-30-14-12-24)31-21-5-3-2-4-6-21/h2-10,18H,11-17H2,1H3,(H,25,28). The average Bonchev–Trinajstić information content (AvgIpc) is 3.20. The Morgan fingerprint density at radius 2 is 1.87 bits per heavy atom. The lowest BCUT2D eigenvalue weighted by Gasteiger charge is -2.37. The van der Waals surface area contributed by atoms with Crippen LogP contribution in [0, 0.1) is 5.92 Å².